The van der Waals surface area contributed by atoms with Crippen LogP contribution < -0.4 is 14.5 Å². The van der Waals surface area contributed by atoms with Crippen molar-refractivity contribution in [3.8, 4) is 0 Å². The Balaban J connectivity index is 1.86. The van der Waals surface area contributed by atoms with Crippen LogP contribution in [-0.4, -0.2) is 34.0 Å². The zero-order valence-corrected chi connectivity index (χ0v) is 17.6. The van der Waals surface area contributed by atoms with E-state index >= 15 is 0 Å². The quantitative estimate of drug-likeness (QED) is 0.804. The van der Waals surface area contributed by atoms with E-state index in [1.54, 1.807) is 23.1 Å². The second kappa shape index (κ2) is 7.83. The third-order valence-corrected chi connectivity index (χ3v) is 6.58. The van der Waals surface area contributed by atoms with Crippen LogP contribution in [0, 0.1) is 6.92 Å². The van der Waals surface area contributed by atoms with Crippen LogP contribution in [-0.2, 0) is 21.2 Å². The van der Waals surface area contributed by atoms with Crippen molar-refractivity contribution < 1.29 is 13.2 Å². The lowest BCUT2D eigenvalue weighted by Crippen LogP contribution is -2.25. The van der Waals surface area contributed by atoms with Gasteiger partial charge in [-0.05, 0) is 74.7 Å². The van der Waals surface area contributed by atoms with Crippen molar-refractivity contribution in [2.45, 2.75) is 39.0 Å². The van der Waals surface area contributed by atoms with Crippen molar-refractivity contribution in [2.75, 3.05) is 34.2 Å². The summed E-state index contributed by atoms with van der Waals surface area (Å²) in [6, 6.07) is 10.7. The first-order valence-electron chi connectivity index (χ1n) is 9.56. The van der Waals surface area contributed by atoms with Crippen LogP contribution in [0.15, 0.2) is 41.3 Å². The van der Waals surface area contributed by atoms with E-state index in [9.17, 15) is 13.2 Å². The summed E-state index contributed by atoms with van der Waals surface area (Å²) in [5, 5.41) is 0. The SMILES string of the molecule is CCN(CC)c1ccc(NS(=O)(=O)c2ccc3c(c2)CCN3C(C)=O)c(C)c1. The third-order valence-electron chi connectivity index (χ3n) is 5.22. The first kappa shape index (κ1) is 20.2. The summed E-state index contributed by atoms with van der Waals surface area (Å²) in [6.45, 7) is 9.99. The molecule has 2 aromatic rings. The molecule has 150 valence electrons. The summed E-state index contributed by atoms with van der Waals surface area (Å²) in [5.41, 5.74) is 4.20. The lowest BCUT2D eigenvalue weighted by Gasteiger charge is -2.22. The van der Waals surface area contributed by atoms with Crippen molar-refractivity contribution in [3.05, 3.63) is 47.5 Å². The molecule has 1 N–H and O–H groups in total. The minimum atomic E-state index is -3.71. The fraction of sp³-hybridized carbons (Fsp3) is 0.381. The molecule has 0 aliphatic carbocycles. The second-order valence-corrected chi connectivity index (χ2v) is 8.67. The number of fused-ring (bicyclic) bond motifs is 1. The predicted molar refractivity (Wildman–Crippen MR) is 114 cm³/mol. The van der Waals surface area contributed by atoms with Gasteiger partial charge in [0, 0.05) is 37.9 Å². The van der Waals surface area contributed by atoms with Crippen LogP contribution in [0.25, 0.3) is 0 Å². The van der Waals surface area contributed by atoms with Crippen LogP contribution in [0.2, 0.25) is 0 Å². The zero-order chi connectivity index (χ0) is 20.5. The first-order valence-corrected chi connectivity index (χ1v) is 11.0. The monoisotopic (exact) mass is 401 g/mol. The average Bonchev–Trinajstić information content (AvgIpc) is 3.08. The Labute approximate surface area is 167 Å². The lowest BCUT2D eigenvalue weighted by molar-refractivity contribution is -0.116. The molecule has 7 heteroatoms. The fourth-order valence-corrected chi connectivity index (χ4v) is 4.80. The number of nitrogens with zero attached hydrogens (tertiary/aromatic N) is 2. The van der Waals surface area contributed by atoms with Gasteiger partial charge in [0.05, 0.1) is 10.6 Å². The fourth-order valence-electron chi connectivity index (χ4n) is 3.62. The highest BCUT2D eigenvalue weighted by Crippen LogP contribution is 2.31. The largest absolute Gasteiger partial charge is 0.372 e. The smallest absolute Gasteiger partial charge is 0.261 e. The summed E-state index contributed by atoms with van der Waals surface area (Å²) in [7, 11) is -3.71. The number of benzene rings is 2. The third kappa shape index (κ3) is 3.85. The molecule has 0 saturated carbocycles. The van der Waals surface area contributed by atoms with Gasteiger partial charge < -0.3 is 9.80 Å². The van der Waals surface area contributed by atoms with Gasteiger partial charge in [-0.3, -0.25) is 9.52 Å². The molecule has 0 saturated heterocycles. The Bertz CT molecular complexity index is 998. The topological polar surface area (TPSA) is 69.7 Å². The molecule has 2 aromatic carbocycles. The molecule has 1 heterocycles. The lowest BCUT2D eigenvalue weighted by atomic mass is 10.1. The summed E-state index contributed by atoms with van der Waals surface area (Å²) in [6.07, 6.45) is 0.663. The zero-order valence-electron chi connectivity index (χ0n) is 16.8. The highest BCUT2D eigenvalue weighted by molar-refractivity contribution is 7.92. The molecule has 0 bridgehead atoms. The molecular formula is C21H27N3O3S. The van der Waals surface area contributed by atoms with Crippen molar-refractivity contribution in [1.82, 2.24) is 0 Å². The highest BCUT2D eigenvalue weighted by Gasteiger charge is 2.25. The molecule has 3 rings (SSSR count). The minimum absolute atomic E-state index is 0.0311. The van der Waals surface area contributed by atoms with Crippen molar-refractivity contribution in [2.24, 2.45) is 0 Å². The molecule has 0 fully saturated rings. The van der Waals surface area contributed by atoms with E-state index in [1.807, 2.05) is 25.1 Å². The molecule has 6 nitrogen and oxygen atoms in total. The molecular weight excluding hydrogens is 374 g/mol. The number of amides is 1. The number of rotatable bonds is 6. The Hall–Kier alpha value is -2.54. The second-order valence-electron chi connectivity index (χ2n) is 6.99. The standard InChI is InChI=1S/C21H27N3O3S/c1-5-23(6-2)18-7-9-20(15(3)13-18)22-28(26,27)19-8-10-21-17(14-19)11-12-24(21)16(4)25/h7-10,13-14,22H,5-6,11-12H2,1-4H3. The van der Waals surface area contributed by atoms with Crippen molar-refractivity contribution in [1.29, 1.82) is 0 Å². The molecule has 1 aliphatic rings. The first-order chi connectivity index (χ1) is 13.3. The summed E-state index contributed by atoms with van der Waals surface area (Å²) < 4.78 is 28.5. The van der Waals surface area contributed by atoms with E-state index in [0.717, 1.165) is 35.6 Å². The van der Waals surface area contributed by atoms with Crippen LogP contribution >= 0.6 is 0 Å². The van der Waals surface area contributed by atoms with Crippen LogP contribution in [0.1, 0.15) is 31.9 Å². The maximum Gasteiger partial charge on any atom is 0.261 e. The van der Waals surface area contributed by atoms with E-state index < -0.39 is 10.0 Å². The number of sulfonamides is 1. The van der Waals surface area contributed by atoms with Gasteiger partial charge in [0.15, 0.2) is 0 Å². The molecule has 0 spiro atoms. The Morgan fingerprint density at radius 3 is 2.46 bits per heavy atom. The number of hydrogen-bond donors (Lipinski definition) is 1. The van der Waals surface area contributed by atoms with Gasteiger partial charge in [0.2, 0.25) is 5.91 Å². The maximum absolute atomic E-state index is 12.9. The average molecular weight is 402 g/mol. The Morgan fingerprint density at radius 1 is 1.14 bits per heavy atom. The summed E-state index contributed by atoms with van der Waals surface area (Å²) >= 11 is 0. The van der Waals surface area contributed by atoms with Crippen LogP contribution in [0.4, 0.5) is 17.1 Å². The number of carbonyl (C=O) groups excluding carboxylic acids is 1. The molecule has 1 aliphatic heterocycles. The van der Waals surface area contributed by atoms with E-state index in [0.29, 0.717) is 18.7 Å². The Morgan fingerprint density at radius 2 is 1.86 bits per heavy atom. The van der Waals surface area contributed by atoms with Crippen molar-refractivity contribution in [3.63, 3.8) is 0 Å². The van der Waals surface area contributed by atoms with Gasteiger partial charge in [-0.15, -0.1) is 0 Å². The van der Waals surface area contributed by atoms with Crippen LogP contribution in [0.3, 0.4) is 0 Å². The number of carbonyl (C=O) groups is 1. The molecule has 0 atom stereocenters. The number of hydrogen-bond acceptors (Lipinski definition) is 4. The van der Waals surface area contributed by atoms with Gasteiger partial charge >= 0.3 is 0 Å². The van der Waals surface area contributed by atoms with E-state index in [4.69, 9.17) is 0 Å². The van der Waals surface area contributed by atoms with Gasteiger partial charge in [-0.2, -0.15) is 0 Å². The molecule has 1 amide bonds. The van der Waals surface area contributed by atoms with Gasteiger partial charge in [0.25, 0.3) is 10.0 Å². The van der Waals surface area contributed by atoms with Gasteiger partial charge in [-0.1, -0.05) is 0 Å². The molecule has 0 radical (unpaired) electrons. The Kier molecular flexibility index (Phi) is 5.65. The van der Waals surface area contributed by atoms with E-state index in [1.165, 1.54) is 6.92 Å². The number of nitrogens with one attached hydrogen (secondary N) is 1. The maximum atomic E-state index is 12.9. The molecule has 28 heavy (non-hydrogen) atoms. The van der Waals surface area contributed by atoms with Gasteiger partial charge in [0.1, 0.15) is 0 Å². The minimum Gasteiger partial charge on any atom is -0.372 e. The number of aryl methyl sites for hydroxylation is 1. The van der Waals surface area contributed by atoms with Gasteiger partial charge in [-0.25, -0.2) is 8.42 Å². The summed E-state index contributed by atoms with van der Waals surface area (Å²) in [4.78, 5) is 15.8. The predicted octanol–water partition coefficient (Wildman–Crippen LogP) is 3.55. The number of anilines is 3. The molecule has 0 aromatic heterocycles. The van der Waals surface area contributed by atoms with E-state index in [-0.39, 0.29) is 10.8 Å². The van der Waals surface area contributed by atoms with Crippen LogP contribution in [0.5, 0.6) is 0 Å². The molecule has 0 unspecified atom stereocenters. The normalized spacial score (nSPS) is 13.4. The summed E-state index contributed by atoms with van der Waals surface area (Å²) in [5.74, 6) is -0.0311. The van der Waals surface area contributed by atoms with Crippen molar-refractivity contribution >= 4 is 33.0 Å². The highest BCUT2D eigenvalue weighted by atomic mass is 32.2. The van der Waals surface area contributed by atoms with E-state index in [2.05, 4.69) is 23.5 Å².